The van der Waals surface area contributed by atoms with Crippen molar-refractivity contribution in [3.8, 4) is 0 Å². The lowest BCUT2D eigenvalue weighted by Gasteiger charge is -2.12. The summed E-state index contributed by atoms with van der Waals surface area (Å²) in [6, 6.07) is 12.0. The lowest BCUT2D eigenvalue weighted by molar-refractivity contribution is 0.0946. The van der Waals surface area contributed by atoms with E-state index in [0.29, 0.717) is 18.3 Å². The smallest absolute Gasteiger partial charge is 0.270 e. The zero-order chi connectivity index (χ0) is 15.2. The summed E-state index contributed by atoms with van der Waals surface area (Å²) in [5.74, 6) is 0.549. The molecule has 114 valence electrons. The van der Waals surface area contributed by atoms with Gasteiger partial charge in [-0.05, 0) is 18.4 Å². The minimum absolute atomic E-state index is 0.180. The summed E-state index contributed by atoms with van der Waals surface area (Å²) in [7, 11) is 0. The Kier molecular flexibility index (Phi) is 4.63. The third-order valence-electron chi connectivity index (χ3n) is 3.90. The Morgan fingerprint density at radius 3 is 2.68 bits per heavy atom. The highest BCUT2D eigenvalue weighted by atomic mass is 16.1. The molecule has 5 nitrogen and oxygen atoms in total. The van der Waals surface area contributed by atoms with Gasteiger partial charge in [-0.25, -0.2) is 9.97 Å². The quantitative estimate of drug-likeness (QED) is 0.890. The van der Waals surface area contributed by atoms with Crippen LogP contribution in [0.2, 0.25) is 0 Å². The first kappa shape index (κ1) is 14.5. The molecule has 0 spiro atoms. The van der Waals surface area contributed by atoms with Gasteiger partial charge in [0.25, 0.3) is 5.91 Å². The van der Waals surface area contributed by atoms with Crippen molar-refractivity contribution in [1.29, 1.82) is 0 Å². The minimum atomic E-state index is -0.180. The van der Waals surface area contributed by atoms with Gasteiger partial charge in [-0.3, -0.25) is 4.79 Å². The highest BCUT2D eigenvalue weighted by molar-refractivity contribution is 5.92. The highest BCUT2D eigenvalue weighted by Gasteiger charge is 2.16. The number of nitrogens with zero attached hydrogens (tertiary/aromatic N) is 2. The molecule has 1 amide bonds. The normalized spacial score (nSPS) is 14.7. The second kappa shape index (κ2) is 7.02. The SMILES string of the molecule is O=C(NCc1ccccc1)c1cc(NC2CCCC2)ncn1. The molecule has 22 heavy (non-hydrogen) atoms. The maximum Gasteiger partial charge on any atom is 0.270 e. The summed E-state index contributed by atoms with van der Waals surface area (Å²) in [5.41, 5.74) is 1.46. The van der Waals surface area contributed by atoms with Crippen molar-refractivity contribution in [1.82, 2.24) is 15.3 Å². The van der Waals surface area contributed by atoms with Crippen LogP contribution in [0.15, 0.2) is 42.7 Å². The molecule has 1 saturated carbocycles. The molecule has 1 aliphatic rings. The molecule has 2 aromatic rings. The molecule has 2 N–H and O–H groups in total. The molecule has 1 aliphatic carbocycles. The summed E-state index contributed by atoms with van der Waals surface area (Å²) in [5, 5.41) is 6.26. The van der Waals surface area contributed by atoms with Gasteiger partial charge in [0.1, 0.15) is 17.8 Å². The molecule has 1 aromatic carbocycles. The van der Waals surface area contributed by atoms with Gasteiger partial charge in [-0.1, -0.05) is 43.2 Å². The first-order valence-corrected chi connectivity index (χ1v) is 7.72. The number of carbonyl (C=O) groups excluding carboxylic acids is 1. The Morgan fingerprint density at radius 1 is 1.14 bits per heavy atom. The summed E-state index contributed by atoms with van der Waals surface area (Å²) in [6.07, 6.45) is 6.29. The Labute approximate surface area is 130 Å². The second-order valence-electron chi connectivity index (χ2n) is 5.58. The van der Waals surface area contributed by atoms with Crippen molar-refractivity contribution >= 4 is 11.7 Å². The largest absolute Gasteiger partial charge is 0.367 e. The molecule has 0 saturated heterocycles. The van der Waals surface area contributed by atoms with Gasteiger partial charge in [0.15, 0.2) is 0 Å². The second-order valence-corrected chi connectivity index (χ2v) is 5.58. The Morgan fingerprint density at radius 2 is 1.91 bits per heavy atom. The van der Waals surface area contributed by atoms with Crippen LogP contribution in [-0.2, 0) is 6.54 Å². The number of rotatable bonds is 5. The van der Waals surface area contributed by atoms with Crippen LogP contribution in [0.1, 0.15) is 41.7 Å². The first-order valence-electron chi connectivity index (χ1n) is 7.72. The van der Waals surface area contributed by atoms with Gasteiger partial charge in [0.05, 0.1) is 0 Å². The number of hydrogen-bond acceptors (Lipinski definition) is 4. The maximum absolute atomic E-state index is 12.2. The van der Waals surface area contributed by atoms with Crippen LogP contribution >= 0.6 is 0 Å². The van der Waals surface area contributed by atoms with Crippen LogP contribution in [0.4, 0.5) is 5.82 Å². The van der Waals surface area contributed by atoms with E-state index in [1.54, 1.807) is 6.07 Å². The Balaban J connectivity index is 1.59. The molecule has 0 aliphatic heterocycles. The zero-order valence-corrected chi connectivity index (χ0v) is 12.5. The average molecular weight is 296 g/mol. The summed E-state index contributed by atoms with van der Waals surface area (Å²) in [4.78, 5) is 20.4. The summed E-state index contributed by atoms with van der Waals surface area (Å²) in [6.45, 7) is 0.495. The van der Waals surface area contributed by atoms with Crippen LogP contribution in [0, 0.1) is 0 Å². The third-order valence-corrected chi connectivity index (χ3v) is 3.90. The number of aromatic nitrogens is 2. The number of benzene rings is 1. The molecule has 1 aromatic heterocycles. The molecule has 3 rings (SSSR count). The van der Waals surface area contributed by atoms with Crippen molar-refractivity contribution in [2.75, 3.05) is 5.32 Å². The van der Waals surface area contributed by atoms with Gasteiger partial charge < -0.3 is 10.6 Å². The summed E-state index contributed by atoms with van der Waals surface area (Å²) < 4.78 is 0. The Hall–Kier alpha value is -2.43. The van der Waals surface area contributed by atoms with Crippen molar-refractivity contribution < 1.29 is 4.79 Å². The van der Waals surface area contributed by atoms with E-state index in [4.69, 9.17) is 0 Å². The molecule has 0 radical (unpaired) electrons. The number of anilines is 1. The van der Waals surface area contributed by atoms with Crippen molar-refractivity contribution in [2.24, 2.45) is 0 Å². The van der Waals surface area contributed by atoms with E-state index in [9.17, 15) is 4.79 Å². The van der Waals surface area contributed by atoms with Gasteiger partial charge in [0.2, 0.25) is 0 Å². The molecular formula is C17H20N4O. The molecule has 0 unspecified atom stereocenters. The van der Waals surface area contributed by atoms with Crippen LogP contribution in [0.3, 0.4) is 0 Å². The van der Waals surface area contributed by atoms with E-state index in [-0.39, 0.29) is 5.91 Å². The topological polar surface area (TPSA) is 66.9 Å². The van der Waals surface area contributed by atoms with E-state index in [2.05, 4.69) is 20.6 Å². The van der Waals surface area contributed by atoms with Gasteiger partial charge in [-0.2, -0.15) is 0 Å². The standard InChI is InChI=1S/C17H20N4O/c22-17(18-11-13-6-2-1-3-7-13)15-10-16(20-12-19-15)21-14-8-4-5-9-14/h1-3,6-7,10,12,14H,4-5,8-9,11H2,(H,18,22)(H,19,20,21). The van der Waals surface area contributed by atoms with E-state index in [1.165, 1.54) is 32.0 Å². The molecule has 0 bridgehead atoms. The molecular weight excluding hydrogens is 276 g/mol. The molecule has 5 heteroatoms. The molecule has 0 atom stereocenters. The monoisotopic (exact) mass is 296 g/mol. The number of nitrogens with one attached hydrogen (secondary N) is 2. The number of carbonyl (C=O) groups is 1. The molecule has 1 heterocycles. The maximum atomic E-state index is 12.2. The van der Waals surface area contributed by atoms with E-state index >= 15 is 0 Å². The van der Waals surface area contributed by atoms with E-state index < -0.39 is 0 Å². The van der Waals surface area contributed by atoms with Gasteiger partial charge >= 0.3 is 0 Å². The fraction of sp³-hybridized carbons (Fsp3) is 0.353. The number of amides is 1. The molecule has 1 fully saturated rings. The third kappa shape index (κ3) is 3.81. The predicted octanol–water partition coefficient (Wildman–Crippen LogP) is 2.76. The van der Waals surface area contributed by atoms with E-state index in [0.717, 1.165) is 11.4 Å². The van der Waals surface area contributed by atoms with E-state index in [1.807, 2.05) is 30.3 Å². The Bertz CT molecular complexity index is 624. The fourth-order valence-electron chi connectivity index (χ4n) is 2.71. The summed E-state index contributed by atoms with van der Waals surface area (Å²) >= 11 is 0. The lowest BCUT2D eigenvalue weighted by Crippen LogP contribution is -2.24. The van der Waals surface area contributed by atoms with Crippen molar-refractivity contribution in [3.63, 3.8) is 0 Å². The van der Waals surface area contributed by atoms with Crippen LogP contribution in [0.25, 0.3) is 0 Å². The van der Waals surface area contributed by atoms with Crippen molar-refractivity contribution in [3.05, 3.63) is 54.0 Å². The zero-order valence-electron chi connectivity index (χ0n) is 12.5. The first-order chi connectivity index (χ1) is 10.8. The lowest BCUT2D eigenvalue weighted by atomic mass is 10.2. The van der Waals surface area contributed by atoms with Crippen LogP contribution in [-0.4, -0.2) is 21.9 Å². The average Bonchev–Trinajstić information content (AvgIpc) is 3.07. The van der Waals surface area contributed by atoms with Crippen molar-refractivity contribution in [2.45, 2.75) is 38.3 Å². The van der Waals surface area contributed by atoms with Crippen LogP contribution < -0.4 is 10.6 Å². The highest BCUT2D eigenvalue weighted by Crippen LogP contribution is 2.21. The number of hydrogen-bond donors (Lipinski definition) is 2. The van der Waals surface area contributed by atoms with Gasteiger partial charge in [0, 0.05) is 18.7 Å². The van der Waals surface area contributed by atoms with Crippen LogP contribution in [0.5, 0.6) is 0 Å². The minimum Gasteiger partial charge on any atom is -0.367 e. The van der Waals surface area contributed by atoms with Gasteiger partial charge in [-0.15, -0.1) is 0 Å². The predicted molar refractivity (Wildman–Crippen MR) is 85.5 cm³/mol. The fourth-order valence-corrected chi connectivity index (χ4v) is 2.71.